The number of carbonyl (C=O) groups excluding carboxylic acids is 1. The number of hydrogen-bond acceptors (Lipinski definition) is 4. The van der Waals surface area contributed by atoms with Crippen molar-refractivity contribution in [3.8, 4) is 0 Å². The minimum atomic E-state index is 0.0288. The van der Waals surface area contributed by atoms with Crippen molar-refractivity contribution >= 4 is 5.91 Å². The highest BCUT2D eigenvalue weighted by Gasteiger charge is 2.50. The van der Waals surface area contributed by atoms with Crippen LogP contribution in [0.25, 0.3) is 0 Å². The maximum Gasteiger partial charge on any atom is 0.258 e. The van der Waals surface area contributed by atoms with Gasteiger partial charge in [-0.25, -0.2) is 0 Å². The van der Waals surface area contributed by atoms with Crippen LogP contribution in [0.3, 0.4) is 0 Å². The molecule has 1 aliphatic heterocycles. The van der Waals surface area contributed by atoms with Gasteiger partial charge in [0.15, 0.2) is 0 Å². The summed E-state index contributed by atoms with van der Waals surface area (Å²) in [6, 6.07) is 0. The first-order chi connectivity index (χ1) is 8.75. The van der Waals surface area contributed by atoms with E-state index in [4.69, 9.17) is 9.26 Å². The van der Waals surface area contributed by atoms with Crippen LogP contribution >= 0.6 is 0 Å². The van der Waals surface area contributed by atoms with Crippen LogP contribution in [0.1, 0.15) is 29.6 Å². The summed E-state index contributed by atoms with van der Waals surface area (Å²) in [6.45, 7) is 2.40. The number of likely N-dealkylation sites (tertiary alicyclic amines) is 1. The number of amides is 1. The molecule has 0 spiro atoms. The molecule has 3 rings (SSSR count). The Balaban J connectivity index is 1.76. The Kier molecular flexibility index (Phi) is 2.86. The topological polar surface area (TPSA) is 55.6 Å². The molecule has 1 saturated heterocycles. The number of rotatable bonds is 3. The van der Waals surface area contributed by atoms with E-state index in [1.165, 1.54) is 31.7 Å². The summed E-state index contributed by atoms with van der Waals surface area (Å²) in [7, 11) is 1.74. The molecule has 1 aliphatic carbocycles. The van der Waals surface area contributed by atoms with Crippen LogP contribution in [0.15, 0.2) is 17.0 Å². The Labute approximate surface area is 106 Å². The molecular weight excluding hydrogens is 232 g/mol. The van der Waals surface area contributed by atoms with Crippen molar-refractivity contribution in [3.05, 3.63) is 18.0 Å². The van der Waals surface area contributed by atoms with Crippen LogP contribution in [-0.4, -0.2) is 42.8 Å². The van der Waals surface area contributed by atoms with Crippen LogP contribution in [-0.2, 0) is 4.74 Å². The fourth-order valence-electron chi connectivity index (χ4n) is 3.59. The summed E-state index contributed by atoms with van der Waals surface area (Å²) in [5.41, 5.74) is 0.726. The van der Waals surface area contributed by atoms with Crippen molar-refractivity contribution in [2.75, 3.05) is 26.8 Å². The van der Waals surface area contributed by atoms with Crippen molar-refractivity contribution in [2.24, 2.45) is 11.3 Å². The molecule has 0 radical (unpaired) electrons. The van der Waals surface area contributed by atoms with Gasteiger partial charge in [-0.3, -0.25) is 4.79 Å². The Morgan fingerprint density at radius 2 is 2.61 bits per heavy atom. The van der Waals surface area contributed by atoms with Crippen LogP contribution in [0.4, 0.5) is 0 Å². The summed E-state index contributed by atoms with van der Waals surface area (Å²) >= 11 is 0. The molecule has 98 valence electrons. The lowest BCUT2D eigenvalue weighted by Crippen LogP contribution is -2.34. The molecule has 1 amide bonds. The van der Waals surface area contributed by atoms with Crippen molar-refractivity contribution in [2.45, 2.75) is 19.3 Å². The van der Waals surface area contributed by atoms with Gasteiger partial charge in [-0.1, -0.05) is 11.6 Å². The summed E-state index contributed by atoms with van der Waals surface area (Å²) < 4.78 is 10.1. The van der Waals surface area contributed by atoms with E-state index in [0.29, 0.717) is 11.5 Å². The number of fused-ring (bicyclic) bond motifs is 1. The maximum absolute atomic E-state index is 12.3. The molecule has 2 atom stereocenters. The van der Waals surface area contributed by atoms with Gasteiger partial charge in [-0.15, -0.1) is 0 Å². The summed E-state index contributed by atoms with van der Waals surface area (Å²) in [5.74, 6) is 0.613. The monoisotopic (exact) mass is 250 g/mol. The highest BCUT2D eigenvalue weighted by molar-refractivity contribution is 5.93. The lowest BCUT2D eigenvalue weighted by atomic mass is 9.82. The predicted octanol–water partition coefficient (Wildman–Crippen LogP) is 1.56. The van der Waals surface area contributed by atoms with E-state index >= 15 is 0 Å². The van der Waals surface area contributed by atoms with Crippen molar-refractivity contribution in [1.82, 2.24) is 10.1 Å². The zero-order valence-electron chi connectivity index (χ0n) is 10.6. The molecule has 5 heteroatoms. The molecular formula is C13H18N2O3. The zero-order chi connectivity index (χ0) is 12.6. The molecule has 0 unspecified atom stereocenters. The van der Waals surface area contributed by atoms with E-state index in [2.05, 4.69) is 5.16 Å². The van der Waals surface area contributed by atoms with E-state index in [1.54, 1.807) is 7.11 Å². The Bertz CT molecular complexity index is 431. The van der Waals surface area contributed by atoms with Crippen molar-refractivity contribution in [1.29, 1.82) is 0 Å². The standard InChI is InChI=1S/C13H18N2O3/c1-17-9-13-4-2-3-11(13)6-15(8-13)12(16)10-5-14-18-7-10/h5,7,11H,2-4,6,8-9H2,1H3/t11-,13+/m1/s1. The molecule has 0 bridgehead atoms. The van der Waals surface area contributed by atoms with Gasteiger partial charge in [0.2, 0.25) is 0 Å². The molecule has 18 heavy (non-hydrogen) atoms. The third-order valence-electron chi connectivity index (χ3n) is 4.44. The van der Waals surface area contributed by atoms with Gasteiger partial charge in [-0.05, 0) is 18.8 Å². The minimum absolute atomic E-state index is 0.0288. The van der Waals surface area contributed by atoms with Crippen LogP contribution in [0.5, 0.6) is 0 Å². The van der Waals surface area contributed by atoms with Gasteiger partial charge >= 0.3 is 0 Å². The fourth-order valence-corrected chi connectivity index (χ4v) is 3.59. The van der Waals surface area contributed by atoms with E-state index in [-0.39, 0.29) is 11.3 Å². The molecule has 0 N–H and O–H groups in total. The average Bonchev–Trinajstić information content (AvgIpc) is 3.02. The first kappa shape index (κ1) is 11.7. The van der Waals surface area contributed by atoms with Crippen LogP contribution in [0.2, 0.25) is 0 Å². The maximum atomic E-state index is 12.3. The molecule has 1 aromatic heterocycles. The largest absolute Gasteiger partial charge is 0.384 e. The van der Waals surface area contributed by atoms with E-state index in [1.807, 2.05) is 4.90 Å². The van der Waals surface area contributed by atoms with E-state index in [9.17, 15) is 4.79 Å². The molecule has 5 nitrogen and oxygen atoms in total. The molecule has 1 saturated carbocycles. The van der Waals surface area contributed by atoms with Crippen molar-refractivity contribution < 1.29 is 14.1 Å². The lowest BCUT2D eigenvalue weighted by molar-refractivity contribution is 0.0625. The van der Waals surface area contributed by atoms with E-state index < -0.39 is 0 Å². The third kappa shape index (κ3) is 1.73. The average molecular weight is 250 g/mol. The number of hydrogen-bond donors (Lipinski definition) is 0. The van der Waals surface area contributed by atoms with Gasteiger partial charge in [0.1, 0.15) is 6.26 Å². The second-order valence-corrected chi connectivity index (χ2v) is 5.48. The highest BCUT2D eigenvalue weighted by Crippen LogP contribution is 2.48. The SMILES string of the molecule is COC[C@@]12CCC[C@@H]1CN(C(=O)c1cnoc1)C2. The van der Waals surface area contributed by atoms with Crippen LogP contribution < -0.4 is 0 Å². The van der Waals surface area contributed by atoms with Gasteiger partial charge < -0.3 is 14.2 Å². The number of ether oxygens (including phenoxy) is 1. The first-order valence-corrected chi connectivity index (χ1v) is 6.43. The molecule has 2 aliphatic rings. The quantitative estimate of drug-likeness (QED) is 0.817. The molecule has 0 aromatic carbocycles. The number of nitrogens with zero attached hydrogens (tertiary/aromatic N) is 2. The number of aromatic nitrogens is 1. The smallest absolute Gasteiger partial charge is 0.258 e. The molecule has 1 aromatic rings. The zero-order valence-corrected chi connectivity index (χ0v) is 10.6. The second-order valence-electron chi connectivity index (χ2n) is 5.48. The lowest BCUT2D eigenvalue weighted by Gasteiger charge is -2.27. The molecule has 2 fully saturated rings. The first-order valence-electron chi connectivity index (χ1n) is 6.43. The van der Waals surface area contributed by atoms with Crippen molar-refractivity contribution in [3.63, 3.8) is 0 Å². The van der Waals surface area contributed by atoms with Crippen LogP contribution in [0, 0.1) is 11.3 Å². The Morgan fingerprint density at radius 3 is 3.33 bits per heavy atom. The highest BCUT2D eigenvalue weighted by atomic mass is 16.5. The predicted molar refractivity (Wildman–Crippen MR) is 64.1 cm³/mol. The normalized spacial score (nSPS) is 30.7. The van der Waals surface area contributed by atoms with Gasteiger partial charge in [0.25, 0.3) is 5.91 Å². The van der Waals surface area contributed by atoms with Gasteiger partial charge in [0, 0.05) is 25.6 Å². The Hall–Kier alpha value is -1.36. The third-order valence-corrected chi connectivity index (χ3v) is 4.44. The minimum Gasteiger partial charge on any atom is -0.384 e. The number of methoxy groups -OCH3 is 1. The van der Waals surface area contributed by atoms with Gasteiger partial charge in [0.05, 0.1) is 18.4 Å². The van der Waals surface area contributed by atoms with E-state index in [0.717, 1.165) is 19.7 Å². The molecule has 2 heterocycles. The Morgan fingerprint density at radius 1 is 1.72 bits per heavy atom. The summed E-state index contributed by atoms with van der Waals surface area (Å²) in [5, 5.41) is 3.59. The fraction of sp³-hybridized carbons (Fsp3) is 0.692. The number of carbonyl (C=O) groups is 1. The van der Waals surface area contributed by atoms with Gasteiger partial charge in [-0.2, -0.15) is 0 Å². The summed E-state index contributed by atoms with van der Waals surface area (Å²) in [6.07, 6.45) is 6.53. The second kappa shape index (κ2) is 4.39. The summed E-state index contributed by atoms with van der Waals surface area (Å²) in [4.78, 5) is 14.2.